The molecule has 3 aromatic rings. The number of anilines is 1. The van der Waals surface area contributed by atoms with Crippen LogP contribution in [0.1, 0.15) is 30.9 Å². The molecule has 0 amide bonds. The minimum absolute atomic E-state index is 0.0115. The molecule has 0 aromatic carbocycles. The fraction of sp³-hybridized carbons (Fsp3) is 0.312. The summed E-state index contributed by atoms with van der Waals surface area (Å²) in [4.78, 5) is 21.6. The van der Waals surface area contributed by atoms with Gasteiger partial charge in [0.05, 0.1) is 21.5 Å². The molecule has 0 saturated carbocycles. The molecule has 5 nitrogen and oxygen atoms in total. The van der Waals surface area contributed by atoms with Gasteiger partial charge in [0.15, 0.2) is 0 Å². The number of nitrogens with two attached hydrogens (primary N) is 1. The van der Waals surface area contributed by atoms with Crippen LogP contribution >= 0.6 is 22.9 Å². The average molecular weight is 349 g/mol. The molecule has 0 radical (unpaired) electrons. The van der Waals surface area contributed by atoms with Crippen molar-refractivity contribution in [3.8, 4) is 10.6 Å². The number of hydrogen-bond acceptors (Lipinski definition) is 5. The Morgan fingerprint density at radius 3 is 2.74 bits per heavy atom. The number of halogens is 1. The molecule has 3 aromatic heterocycles. The highest BCUT2D eigenvalue weighted by atomic mass is 35.5. The van der Waals surface area contributed by atoms with Gasteiger partial charge in [-0.3, -0.25) is 4.79 Å². The van der Waals surface area contributed by atoms with Crippen LogP contribution in [-0.2, 0) is 7.05 Å². The maximum Gasteiger partial charge on any atom is 0.259 e. The van der Waals surface area contributed by atoms with Crippen LogP contribution in [0.25, 0.3) is 20.7 Å². The molecule has 0 aliphatic carbocycles. The monoisotopic (exact) mass is 348 g/mol. The predicted molar refractivity (Wildman–Crippen MR) is 96.3 cm³/mol. The third-order valence-corrected chi connectivity index (χ3v) is 5.50. The predicted octanol–water partition coefficient (Wildman–Crippen LogP) is 3.72. The van der Waals surface area contributed by atoms with Crippen LogP contribution in [0, 0.1) is 6.92 Å². The summed E-state index contributed by atoms with van der Waals surface area (Å²) in [6.45, 7) is 6.15. The zero-order valence-electron chi connectivity index (χ0n) is 13.3. The van der Waals surface area contributed by atoms with Gasteiger partial charge in [-0.25, -0.2) is 9.97 Å². The Morgan fingerprint density at radius 1 is 1.39 bits per heavy atom. The number of nitrogen functional groups attached to an aromatic ring is 1. The third kappa shape index (κ3) is 2.52. The largest absolute Gasteiger partial charge is 0.368 e. The van der Waals surface area contributed by atoms with Crippen molar-refractivity contribution in [1.29, 1.82) is 0 Å². The second-order valence-electron chi connectivity index (χ2n) is 5.84. The van der Waals surface area contributed by atoms with E-state index in [1.807, 2.05) is 13.1 Å². The van der Waals surface area contributed by atoms with Gasteiger partial charge in [0, 0.05) is 17.9 Å². The minimum atomic E-state index is -0.0115. The molecule has 7 heteroatoms. The van der Waals surface area contributed by atoms with E-state index in [2.05, 4.69) is 23.8 Å². The molecule has 0 aliphatic rings. The van der Waals surface area contributed by atoms with Crippen molar-refractivity contribution in [2.45, 2.75) is 26.7 Å². The first-order valence-electron chi connectivity index (χ1n) is 7.22. The van der Waals surface area contributed by atoms with Gasteiger partial charge in [0.25, 0.3) is 5.56 Å². The summed E-state index contributed by atoms with van der Waals surface area (Å²) in [7, 11) is 1.78. The lowest BCUT2D eigenvalue weighted by molar-refractivity contribution is 0.811. The maximum absolute atomic E-state index is 12.6. The number of thiophene rings is 1. The van der Waals surface area contributed by atoms with E-state index < -0.39 is 0 Å². The number of rotatable bonds is 2. The van der Waals surface area contributed by atoms with Crippen molar-refractivity contribution in [3.63, 3.8) is 0 Å². The summed E-state index contributed by atoms with van der Waals surface area (Å²) in [6, 6.07) is 0. The van der Waals surface area contributed by atoms with Crippen LogP contribution in [-0.4, -0.2) is 14.5 Å². The Bertz CT molecular complexity index is 974. The zero-order valence-corrected chi connectivity index (χ0v) is 14.9. The van der Waals surface area contributed by atoms with Gasteiger partial charge in [-0.05, 0) is 24.0 Å². The second-order valence-corrected chi connectivity index (χ2v) is 7.27. The van der Waals surface area contributed by atoms with Crippen molar-refractivity contribution < 1.29 is 0 Å². The molecule has 0 unspecified atom stereocenters. The number of aromatic nitrogens is 3. The fourth-order valence-electron chi connectivity index (χ4n) is 2.65. The molecule has 0 bridgehead atoms. The van der Waals surface area contributed by atoms with Gasteiger partial charge in [0.2, 0.25) is 5.95 Å². The van der Waals surface area contributed by atoms with Gasteiger partial charge < -0.3 is 10.3 Å². The summed E-state index contributed by atoms with van der Waals surface area (Å²) in [6.07, 6.45) is 3.40. The zero-order chi connectivity index (χ0) is 16.9. The van der Waals surface area contributed by atoms with Crippen molar-refractivity contribution in [1.82, 2.24) is 14.5 Å². The fourth-order valence-corrected chi connectivity index (χ4v) is 4.36. The molecule has 0 fully saturated rings. The lowest BCUT2D eigenvalue weighted by atomic mass is 10.0. The van der Waals surface area contributed by atoms with Crippen LogP contribution in [0.15, 0.2) is 17.2 Å². The quantitative estimate of drug-likeness (QED) is 0.765. The molecule has 0 spiro atoms. The lowest BCUT2D eigenvalue weighted by Crippen LogP contribution is -2.17. The Kier molecular flexibility index (Phi) is 3.90. The van der Waals surface area contributed by atoms with Gasteiger partial charge in [-0.2, -0.15) is 0 Å². The van der Waals surface area contributed by atoms with Crippen molar-refractivity contribution in [2.24, 2.45) is 7.05 Å². The third-order valence-electron chi connectivity index (χ3n) is 3.88. The molecule has 0 atom stereocenters. The number of hydrogen-bond donors (Lipinski definition) is 1. The van der Waals surface area contributed by atoms with Gasteiger partial charge in [0.1, 0.15) is 5.69 Å². The van der Waals surface area contributed by atoms with E-state index in [4.69, 9.17) is 17.3 Å². The standard InChI is InChI=1S/C16H17ClN4OS/c1-7(2)9-6-21(4)15(22)11-8(3)13(23-14(9)11)12-10(17)5-19-16(18)20-12/h5-7H,1-4H3,(H2,18,19,20). The molecule has 3 rings (SSSR count). The topological polar surface area (TPSA) is 73.8 Å². The first kappa shape index (κ1) is 16.0. The van der Waals surface area contributed by atoms with Crippen LogP contribution in [0.5, 0.6) is 0 Å². The molecule has 0 aliphatic heterocycles. The molecular formula is C16H17ClN4OS. The van der Waals surface area contributed by atoms with Gasteiger partial charge in [-0.1, -0.05) is 25.4 Å². The van der Waals surface area contributed by atoms with Crippen molar-refractivity contribution in [2.75, 3.05) is 5.73 Å². The molecular weight excluding hydrogens is 332 g/mol. The van der Waals surface area contributed by atoms with E-state index in [9.17, 15) is 4.79 Å². The van der Waals surface area contributed by atoms with E-state index in [0.717, 1.165) is 26.1 Å². The van der Waals surface area contributed by atoms with E-state index in [1.165, 1.54) is 17.5 Å². The molecule has 0 saturated heterocycles. The molecule has 3 heterocycles. The van der Waals surface area contributed by atoms with Crippen LogP contribution in [0.3, 0.4) is 0 Å². The summed E-state index contributed by atoms with van der Waals surface area (Å²) in [5, 5.41) is 1.16. The van der Waals surface area contributed by atoms with Crippen LogP contribution < -0.4 is 11.3 Å². The van der Waals surface area contributed by atoms with Crippen LogP contribution in [0.2, 0.25) is 5.02 Å². The maximum atomic E-state index is 12.6. The highest BCUT2D eigenvalue weighted by Gasteiger charge is 2.21. The first-order chi connectivity index (χ1) is 10.8. The van der Waals surface area contributed by atoms with E-state index in [1.54, 1.807) is 11.6 Å². The highest BCUT2D eigenvalue weighted by Crippen LogP contribution is 2.41. The number of nitrogens with zero attached hydrogens (tertiary/aromatic N) is 3. The summed E-state index contributed by atoms with van der Waals surface area (Å²) in [5.74, 6) is 0.472. The highest BCUT2D eigenvalue weighted by molar-refractivity contribution is 7.22. The Morgan fingerprint density at radius 2 is 2.09 bits per heavy atom. The number of pyridine rings is 1. The van der Waals surface area contributed by atoms with Crippen molar-refractivity contribution in [3.05, 3.63) is 38.9 Å². The normalized spacial score (nSPS) is 11.6. The molecule has 120 valence electrons. The summed E-state index contributed by atoms with van der Waals surface area (Å²) in [5.41, 5.74) is 8.29. The Labute approximate surface area is 142 Å². The minimum Gasteiger partial charge on any atom is -0.368 e. The first-order valence-corrected chi connectivity index (χ1v) is 8.41. The van der Waals surface area contributed by atoms with Gasteiger partial charge >= 0.3 is 0 Å². The van der Waals surface area contributed by atoms with Gasteiger partial charge in [-0.15, -0.1) is 11.3 Å². The summed E-state index contributed by atoms with van der Waals surface area (Å²) >= 11 is 7.78. The van der Waals surface area contributed by atoms with E-state index in [-0.39, 0.29) is 11.5 Å². The lowest BCUT2D eigenvalue weighted by Gasteiger charge is -2.09. The second kappa shape index (κ2) is 5.62. The Balaban J connectivity index is 2.44. The number of aryl methyl sites for hydroxylation is 2. The van der Waals surface area contributed by atoms with E-state index >= 15 is 0 Å². The number of fused-ring (bicyclic) bond motifs is 1. The van der Waals surface area contributed by atoms with E-state index in [0.29, 0.717) is 16.6 Å². The smallest absolute Gasteiger partial charge is 0.259 e. The van der Waals surface area contributed by atoms with Crippen molar-refractivity contribution >= 4 is 39.0 Å². The average Bonchev–Trinajstić information content (AvgIpc) is 2.83. The summed E-state index contributed by atoms with van der Waals surface area (Å²) < 4.78 is 2.63. The molecule has 23 heavy (non-hydrogen) atoms. The van der Waals surface area contributed by atoms with Crippen LogP contribution in [0.4, 0.5) is 5.95 Å². The Hall–Kier alpha value is -1.92. The molecule has 2 N–H and O–H groups in total. The SMILES string of the molecule is Cc1c(-c2nc(N)ncc2Cl)sc2c(C(C)C)cn(C)c(=O)c12.